The molecule has 2 heterocycles. The molecule has 1 nitrogen and oxygen atoms in total. The Bertz CT molecular complexity index is 213. The molecule has 0 unspecified atom stereocenters. The summed E-state index contributed by atoms with van der Waals surface area (Å²) in [4.78, 5) is 0. The molecule has 0 radical (unpaired) electrons. The molecule has 0 saturated carbocycles. The molecule has 2 aromatic rings. The van der Waals surface area contributed by atoms with Crippen molar-refractivity contribution in [2.75, 3.05) is 0 Å². The molecular formula is C8H11Cl2OZr-. The van der Waals surface area contributed by atoms with Crippen molar-refractivity contribution in [1.82, 2.24) is 0 Å². The van der Waals surface area contributed by atoms with Crippen molar-refractivity contribution in [3.63, 3.8) is 0 Å². The molecule has 0 N–H and O–H groups in total. The van der Waals surface area contributed by atoms with Crippen LogP contribution in [-0.4, -0.2) is 0 Å². The largest absolute Gasteiger partial charge is 0.457 e. The second-order valence-electron chi connectivity index (χ2n) is 1.57. The Morgan fingerprint density at radius 1 is 0.917 bits per heavy atom. The number of rotatable bonds is 0. The molecule has 0 fully saturated rings. The van der Waals surface area contributed by atoms with Crippen molar-refractivity contribution >= 4 is 36.0 Å². The van der Waals surface area contributed by atoms with Crippen molar-refractivity contribution in [2.45, 2.75) is 6.92 Å². The van der Waals surface area contributed by atoms with Crippen molar-refractivity contribution in [1.29, 1.82) is 0 Å². The van der Waals surface area contributed by atoms with Gasteiger partial charge in [-0.1, -0.05) is 0 Å². The van der Waals surface area contributed by atoms with E-state index in [0.717, 1.165) is 11.2 Å². The molecule has 0 aliphatic carbocycles. The van der Waals surface area contributed by atoms with E-state index in [1.54, 1.807) is 6.92 Å². The summed E-state index contributed by atoms with van der Waals surface area (Å²) in [7, 11) is 0. The first kappa shape index (κ1) is 18.3. The van der Waals surface area contributed by atoms with Gasteiger partial charge in [-0.05, 0) is 24.3 Å². The van der Waals surface area contributed by atoms with Crippen molar-refractivity contribution < 1.29 is 30.6 Å². The monoisotopic (exact) mass is 283 g/mol. The Hall–Kier alpha value is 0.483. The van der Waals surface area contributed by atoms with Gasteiger partial charge in [0.05, 0.1) is 0 Å². The van der Waals surface area contributed by atoms with E-state index < -0.39 is 0 Å². The van der Waals surface area contributed by atoms with Crippen LogP contribution >= 0.6 is 24.8 Å². The smallest absolute Gasteiger partial charge is 0.127 e. The van der Waals surface area contributed by atoms with Crippen LogP contribution in [0.25, 0.3) is 11.2 Å². The van der Waals surface area contributed by atoms with Crippen LogP contribution in [0.3, 0.4) is 0 Å². The molecule has 4 heteroatoms. The normalized spacial score (nSPS) is 6.83. The predicted octanol–water partition coefficient (Wildman–Crippen LogP) is 3.55. The molecular weight excluding hydrogens is 274 g/mol. The van der Waals surface area contributed by atoms with Crippen LogP contribution in [0.2, 0.25) is 0 Å². The van der Waals surface area contributed by atoms with Crippen LogP contribution in [0.5, 0.6) is 0 Å². The van der Waals surface area contributed by atoms with E-state index >= 15 is 0 Å². The number of benzene rings is 1. The van der Waals surface area contributed by atoms with E-state index in [9.17, 15) is 0 Å². The van der Waals surface area contributed by atoms with Crippen molar-refractivity contribution in [3.8, 4) is 0 Å². The molecule has 2 aromatic heterocycles. The molecule has 0 amide bonds. The molecule has 12 heavy (non-hydrogen) atoms. The Morgan fingerprint density at radius 2 is 1.17 bits per heavy atom. The summed E-state index contributed by atoms with van der Waals surface area (Å²) in [5.74, 6) is 0. The Labute approximate surface area is 104 Å². The SMILES string of the molecule is Cl.Cl.[CH2-]C.[Zr].c1cc2ccc1o2. The first-order valence-corrected chi connectivity index (χ1v) is 2.94. The Morgan fingerprint density at radius 3 is 1.25 bits per heavy atom. The van der Waals surface area contributed by atoms with E-state index in [-0.39, 0.29) is 51.0 Å². The van der Waals surface area contributed by atoms with Gasteiger partial charge in [0, 0.05) is 26.2 Å². The number of hydrogen-bond acceptors (Lipinski definition) is 1. The maximum Gasteiger partial charge on any atom is 0.127 e. The van der Waals surface area contributed by atoms with E-state index in [1.165, 1.54) is 0 Å². The van der Waals surface area contributed by atoms with Crippen LogP contribution in [0.1, 0.15) is 6.92 Å². The molecule has 0 saturated heterocycles. The minimum Gasteiger partial charge on any atom is -0.457 e. The Kier molecular flexibility index (Phi) is 14.6. The third kappa shape index (κ3) is 4.49. The summed E-state index contributed by atoms with van der Waals surface area (Å²) in [6.07, 6.45) is 0. The van der Waals surface area contributed by atoms with E-state index in [1.807, 2.05) is 24.3 Å². The quantitative estimate of drug-likeness (QED) is 0.675. The third-order valence-corrected chi connectivity index (χ3v) is 1.06. The minimum absolute atomic E-state index is 0. The second-order valence-corrected chi connectivity index (χ2v) is 1.57. The predicted molar refractivity (Wildman–Crippen MR) is 52.9 cm³/mol. The van der Waals surface area contributed by atoms with Gasteiger partial charge < -0.3 is 11.3 Å². The van der Waals surface area contributed by atoms with Crippen LogP contribution < -0.4 is 0 Å². The average Bonchev–Trinajstić information content (AvgIpc) is 2.53. The zero-order chi connectivity index (χ0) is 6.69. The van der Waals surface area contributed by atoms with Gasteiger partial charge in [-0.2, -0.15) is 6.92 Å². The first-order chi connectivity index (χ1) is 4.45. The fraction of sp³-hybridized carbons (Fsp3) is 0.125. The van der Waals surface area contributed by atoms with Gasteiger partial charge in [0.2, 0.25) is 0 Å². The van der Waals surface area contributed by atoms with Crippen LogP contribution in [0.4, 0.5) is 0 Å². The topological polar surface area (TPSA) is 13.1 Å². The summed E-state index contributed by atoms with van der Waals surface area (Å²) in [5, 5.41) is 0. The van der Waals surface area contributed by atoms with Gasteiger partial charge in [0.15, 0.2) is 0 Å². The van der Waals surface area contributed by atoms with E-state index in [2.05, 4.69) is 6.92 Å². The van der Waals surface area contributed by atoms with Crippen LogP contribution in [0.15, 0.2) is 28.7 Å². The molecule has 2 rings (SSSR count). The van der Waals surface area contributed by atoms with Gasteiger partial charge in [0.25, 0.3) is 0 Å². The fourth-order valence-electron chi connectivity index (χ4n) is 0.712. The van der Waals surface area contributed by atoms with Gasteiger partial charge in [0.1, 0.15) is 11.2 Å². The Balaban J connectivity index is -0.000000153. The van der Waals surface area contributed by atoms with Crippen LogP contribution in [0, 0.1) is 6.92 Å². The molecule has 0 spiro atoms. The average molecular weight is 285 g/mol. The van der Waals surface area contributed by atoms with Crippen LogP contribution in [-0.2, 0) is 26.2 Å². The zero-order valence-electron chi connectivity index (χ0n) is 6.74. The summed E-state index contributed by atoms with van der Waals surface area (Å²) in [6, 6.07) is 7.81. The minimum atomic E-state index is 0. The van der Waals surface area contributed by atoms with Crippen molar-refractivity contribution in [3.05, 3.63) is 31.2 Å². The molecule has 68 valence electrons. The third-order valence-electron chi connectivity index (χ3n) is 1.06. The maximum absolute atomic E-state index is 5.08. The second kappa shape index (κ2) is 9.57. The van der Waals surface area contributed by atoms with E-state index in [0.29, 0.717) is 0 Å². The molecule has 0 aliphatic rings. The fourth-order valence-corrected chi connectivity index (χ4v) is 0.712. The van der Waals surface area contributed by atoms with E-state index in [4.69, 9.17) is 4.42 Å². The molecule has 0 atom stereocenters. The first-order valence-electron chi connectivity index (χ1n) is 2.94. The summed E-state index contributed by atoms with van der Waals surface area (Å²) < 4.78 is 5.08. The molecule has 0 aliphatic heterocycles. The zero-order valence-corrected chi connectivity index (χ0v) is 10.8. The summed E-state index contributed by atoms with van der Waals surface area (Å²) >= 11 is 0. The summed E-state index contributed by atoms with van der Waals surface area (Å²) in [5.41, 5.74) is 1.94. The molecule has 2 bridgehead atoms. The van der Waals surface area contributed by atoms with Gasteiger partial charge in [-0.15, -0.1) is 24.8 Å². The van der Waals surface area contributed by atoms with Gasteiger partial charge >= 0.3 is 0 Å². The number of halogens is 2. The van der Waals surface area contributed by atoms with Crippen molar-refractivity contribution in [2.24, 2.45) is 0 Å². The number of hydrogen-bond donors (Lipinski definition) is 0. The standard InChI is InChI=1S/C6H4O.C2H5.2ClH.Zr/c1-2-6-4-3-5(1)7-6;1-2;;;/h1-4H;1H2,2H3;2*1H;/q;-1;;;. The maximum atomic E-state index is 5.08. The van der Waals surface area contributed by atoms with Gasteiger partial charge in [-0.25, -0.2) is 0 Å². The van der Waals surface area contributed by atoms with Gasteiger partial charge in [-0.3, -0.25) is 0 Å². The molecule has 0 aromatic carbocycles. The summed E-state index contributed by atoms with van der Waals surface area (Å²) in [6.45, 7) is 5.00. The number of furan rings is 2. The number of fused-ring (bicyclic) bond motifs is 2.